The number of hydrogen-bond acceptors (Lipinski definition) is 5. The second-order valence-electron chi connectivity index (χ2n) is 11.6. The maximum Gasteiger partial charge on any atom is 0.290 e. The number of benzene rings is 1. The molecule has 0 radical (unpaired) electrons. The number of para-hydroxylation sites is 2. The van der Waals surface area contributed by atoms with Crippen molar-refractivity contribution < 1.29 is 14.3 Å². The molecule has 0 aliphatic carbocycles. The van der Waals surface area contributed by atoms with E-state index in [1.165, 1.54) is 0 Å². The van der Waals surface area contributed by atoms with E-state index >= 15 is 0 Å². The number of amides is 2. The summed E-state index contributed by atoms with van der Waals surface area (Å²) in [4.78, 5) is 36.8. The van der Waals surface area contributed by atoms with Gasteiger partial charge in [0.1, 0.15) is 0 Å². The Morgan fingerprint density at radius 1 is 1.11 bits per heavy atom. The highest BCUT2D eigenvalue weighted by Gasteiger charge is 2.45. The first-order chi connectivity index (χ1) is 18.0. The molecule has 2 atom stereocenters. The molecule has 2 aromatic rings. The Labute approximate surface area is 220 Å². The van der Waals surface area contributed by atoms with Crippen LogP contribution >= 0.6 is 0 Å². The highest BCUT2D eigenvalue weighted by molar-refractivity contribution is 5.95. The van der Waals surface area contributed by atoms with Crippen LogP contribution in [0.2, 0.25) is 0 Å². The summed E-state index contributed by atoms with van der Waals surface area (Å²) >= 11 is 0. The fourth-order valence-corrected chi connectivity index (χ4v) is 6.73. The van der Waals surface area contributed by atoms with Crippen LogP contribution in [0.25, 0.3) is 11.0 Å². The third-order valence-corrected chi connectivity index (χ3v) is 8.47. The first kappa shape index (κ1) is 26.2. The van der Waals surface area contributed by atoms with E-state index in [1.54, 1.807) is 7.11 Å². The van der Waals surface area contributed by atoms with Gasteiger partial charge in [0.25, 0.3) is 5.91 Å². The summed E-state index contributed by atoms with van der Waals surface area (Å²) in [6.45, 7) is 7.78. The summed E-state index contributed by atoms with van der Waals surface area (Å²) < 4.78 is 7.32. The smallest absolute Gasteiger partial charge is 0.290 e. The van der Waals surface area contributed by atoms with Crippen LogP contribution < -0.4 is 5.32 Å². The van der Waals surface area contributed by atoms with E-state index in [9.17, 15) is 9.59 Å². The second kappa shape index (κ2) is 11.5. The van der Waals surface area contributed by atoms with Crippen molar-refractivity contribution in [2.24, 2.45) is 11.8 Å². The van der Waals surface area contributed by atoms with Crippen LogP contribution in [-0.4, -0.2) is 82.6 Å². The molecule has 0 saturated carbocycles. The predicted molar refractivity (Wildman–Crippen MR) is 144 cm³/mol. The summed E-state index contributed by atoms with van der Waals surface area (Å²) in [6.07, 6.45) is 7.17. The zero-order valence-corrected chi connectivity index (χ0v) is 22.7. The van der Waals surface area contributed by atoms with Crippen molar-refractivity contribution in [2.45, 2.75) is 83.5 Å². The fraction of sp³-hybridized carbons (Fsp3) is 0.690. The molecule has 1 aromatic heterocycles. The van der Waals surface area contributed by atoms with E-state index in [0.29, 0.717) is 62.4 Å². The zero-order valence-electron chi connectivity index (χ0n) is 22.7. The Morgan fingerprint density at radius 3 is 2.54 bits per heavy atom. The quantitative estimate of drug-likeness (QED) is 0.494. The van der Waals surface area contributed by atoms with Crippen LogP contribution in [0.3, 0.4) is 0 Å². The molecular formula is C29H43N5O3. The van der Waals surface area contributed by atoms with Crippen molar-refractivity contribution in [1.29, 1.82) is 0 Å². The van der Waals surface area contributed by atoms with Gasteiger partial charge in [-0.1, -0.05) is 26.0 Å². The van der Waals surface area contributed by atoms with Gasteiger partial charge >= 0.3 is 0 Å². The number of methoxy groups -OCH3 is 1. The average Bonchev–Trinajstić information content (AvgIpc) is 3.62. The fourth-order valence-electron chi connectivity index (χ4n) is 6.73. The SMILES string of the molecule is COCCCCn1c(C(=O)N(CC(C)C)[C@@H]2CNCC(C(=O)N3C4CCC3CC4)C2)nc2ccccc21. The molecule has 3 fully saturated rings. The third-order valence-electron chi connectivity index (χ3n) is 8.47. The molecule has 2 bridgehead atoms. The number of carbonyl (C=O) groups excluding carboxylic acids is 2. The van der Waals surface area contributed by atoms with Gasteiger partial charge in [0.2, 0.25) is 5.91 Å². The van der Waals surface area contributed by atoms with Crippen LogP contribution in [0.1, 0.15) is 69.4 Å². The molecule has 3 aliphatic rings. The maximum absolute atomic E-state index is 14.2. The van der Waals surface area contributed by atoms with E-state index in [4.69, 9.17) is 9.72 Å². The molecule has 3 saturated heterocycles. The number of aryl methyl sites for hydroxylation is 1. The predicted octanol–water partition coefficient (Wildman–Crippen LogP) is 3.69. The second-order valence-corrected chi connectivity index (χ2v) is 11.6. The van der Waals surface area contributed by atoms with Gasteiger partial charge in [0, 0.05) is 58.0 Å². The first-order valence-corrected chi connectivity index (χ1v) is 14.3. The van der Waals surface area contributed by atoms with E-state index in [-0.39, 0.29) is 17.9 Å². The summed E-state index contributed by atoms with van der Waals surface area (Å²) in [5.41, 5.74) is 1.84. The normalized spacial score (nSPS) is 25.4. The van der Waals surface area contributed by atoms with Crippen LogP contribution in [0.15, 0.2) is 24.3 Å². The number of nitrogens with one attached hydrogen (secondary N) is 1. The Hall–Kier alpha value is -2.45. The van der Waals surface area contributed by atoms with Gasteiger partial charge in [-0.3, -0.25) is 9.59 Å². The molecule has 4 heterocycles. The number of unbranched alkanes of at least 4 members (excludes halogenated alkanes) is 1. The lowest BCUT2D eigenvalue weighted by molar-refractivity contribution is -0.138. The number of nitrogens with zero attached hydrogens (tertiary/aromatic N) is 4. The molecular weight excluding hydrogens is 466 g/mol. The van der Waals surface area contributed by atoms with Gasteiger partial charge in [-0.05, 0) is 63.0 Å². The number of aromatic nitrogens is 2. The summed E-state index contributed by atoms with van der Waals surface area (Å²) in [5.74, 6) is 1.01. The lowest BCUT2D eigenvalue weighted by Crippen LogP contribution is -2.55. The van der Waals surface area contributed by atoms with Gasteiger partial charge < -0.3 is 24.4 Å². The van der Waals surface area contributed by atoms with Gasteiger partial charge in [0.05, 0.1) is 17.0 Å². The largest absolute Gasteiger partial charge is 0.385 e. The number of carbonyl (C=O) groups is 2. The molecule has 3 aliphatic heterocycles. The van der Waals surface area contributed by atoms with Gasteiger partial charge in [-0.2, -0.15) is 0 Å². The number of imidazole rings is 1. The summed E-state index contributed by atoms with van der Waals surface area (Å²) in [6, 6.07) is 8.84. The van der Waals surface area contributed by atoms with Gasteiger partial charge in [0.15, 0.2) is 5.82 Å². The molecule has 5 rings (SSSR count). The van der Waals surface area contributed by atoms with Crippen molar-refractivity contribution in [3.05, 3.63) is 30.1 Å². The molecule has 1 N–H and O–H groups in total. The zero-order chi connectivity index (χ0) is 25.9. The molecule has 0 spiro atoms. The standard InChI is InChI=1S/C29H43N5O3/c1-20(2)19-33(24-16-21(17-30-18-24)28(35)34-22-10-11-23(34)13-12-22)29(36)27-31-25-8-4-5-9-26(25)32(27)14-6-7-15-37-3/h4-5,8-9,20-24,30H,6-7,10-19H2,1-3H3/t21?,22?,23?,24-/m0/s1. The van der Waals surface area contributed by atoms with Crippen LogP contribution in [0.5, 0.6) is 0 Å². The minimum Gasteiger partial charge on any atom is -0.385 e. The Kier molecular flexibility index (Phi) is 8.15. The topological polar surface area (TPSA) is 79.7 Å². The van der Waals surface area contributed by atoms with Crippen molar-refractivity contribution in [3.8, 4) is 0 Å². The molecule has 8 nitrogen and oxygen atoms in total. The lowest BCUT2D eigenvalue weighted by atomic mass is 9.92. The number of hydrogen-bond donors (Lipinski definition) is 1. The van der Waals surface area contributed by atoms with E-state index < -0.39 is 0 Å². The molecule has 1 aromatic carbocycles. The van der Waals surface area contributed by atoms with E-state index in [2.05, 4.69) is 28.6 Å². The van der Waals surface area contributed by atoms with Crippen LogP contribution in [0, 0.1) is 11.8 Å². The highest BCUT2D eigenvalue weighted by atomic mass is 16.5. The Morgan fingerprint density at radius 2 is 1.84 bits per heavy atom. The molecule has 2 amide bonds. The summed E-state index contributed by atoms with van der Waals surface area (Å²) in [7, 11) is 1.72. The molecule has 202 valence electrons. The highest BCUT2D eigenvalue weighted by Crippen LogP contribution is 2.39. The van der Waals surface area contributed by atoms with Crippen LogP contribution in [-0.2, 0) is 16.1 Å². The van der Waals surface area contributed by atoms with E-state index in [1.807, 2.05) is 29.2 Å². The molecule has 1 unspecified atom stereocenters. The van der Waals surface area contributed by atoms with Gasteiger partial charge in [-0.25, -0.2) is 4.98 Å². The van der Waals surface area contributed by atoms with Crippen molar-refractivity contribution in [2.75, 3.05) is 33.4 Å². The maximum atomic E-state index is 14.2. The number of fused-ring (bicyclic) bond motifs is 3. The average molecular weight is 510 g/mol. The minimum atomic E-state index is -0.0738. The third kappa shape index (κ3) is 5.41. The molecule has 8 heteroatoms. The number of rotatable bonds is 10. The number of piperidine rings is 1. The Balaban J connectivity index is 1.38. The van der Waals surface area contributed by atoms with E-state index in [0.717, 1.165) is 56.1 Å². The first-order valence-electron chi connectivity index (χ1n) is 14.3. The lowest BCUT2D eigenvalue weighted by Gasteiger charge is -2.39. The number of ether oxygens (including phenoxy) is 1. The van der Waals surface area contributed by atoms with Crippen molar-refractivity contribution >= 4 is 22.8 Å². The van der Waals surface area contributed by atoms with Crippen LogP contribution in [0.4, 0.5) is 0 Å². The minimum absolute atomic E-state index is 0.0281. The van der Waals surface area contributed by atoms with Crippen molar-refractivity contribution in [3.63, 3.8) is 0 Å². The Bertz CT molecular complexity index is 1080. The van der Waals surface area contributed by atoms with Gasteiger partial charge in [-0.15, -0.1) is 0 Å². The van der Waals surface area contributed by atoms with Crippen molar-refractivity contribution in [1.82, 2.24) is 24.7 Å². The summed E-state index contributed by atoms with van der Waals surface area (Å²) in [5, 5.41) is 3.51. The monoisotopic (exact) mass is 509 g/mol. The molecule has 37 heavy (non-hydrogen) atoms.